The maximum atomic E-state index is 12.4. The summed E-state index contributed by atoms with van der Waals surface area (Å²) in [6.45, 7) is 7.15. The van der Waals surface area contributed by atoms with Gasteiger partial charge in [0.1, 0.15) is 5.69 Å². The summed E-state index contributed by atoms with van der Waals surface area (Å²) >= 11 is 0. The van der Waals surface area contributed by atoms with Gasteiger partial charge in [0.05, 0.1) is 0 Å². The summed E-state index contributed by atoms with van der Waals surface area (Å²) in [5, 5.41) is 3.01. The van der Waals surface area contributed by atoms with E-state index in [0.29, 0.717) is 11.3 Å². The van der Waals surface area contributed by atoms with Gasteiger partial charge in [-0.15, -0.1) is 0 Å². The van der Waals surface area contributed by atoms with Crippen molar-refractivity contribution in [3.8, 4) is 0 Å². The number of ketones is 1. The quantitative estimate of drug-likeness (QED) is 0.801. The van der Waals surface area contributed by atoms with Crippen molar-refractivity contribution in [3.05, 3.63) is 58.4 Å². The van der Waals surface area contributed by atoms with E-state index in [0.717, 1.165) is 24.1 Å². The zero-order valence-electron chi connectivity index (χ0n) is 14.2. The largest absolute Gasteiger partial charge is 0.354 e. The number of rotatable bonds is 6. The number of aryl methyl sites for hydroxylation is 2. The van der Waals surface area contributed by atoms with E-state index in [1.807, 2.05) is 39.0 Å². The fourth-order valence-electron chi connectivity index (χ4n) is 2.90. The summed E-state index contributed by atoms with van der Waals surface area (Å²) < 4.78 is 0. The molecule has 2 aromatic rings. The first-order valence-electron chi connectivity index (χ1n) is 7.95. The lowest BCUT2D eigenvalue weighted by Gasteiger charge is -2.14. The number of carbonyl (C=O) groups is 2. The molecule has 1 unspecified atom stereocenters. The van der Waals surface area contributed by atoms with Crippen LogP contribution in [-0.2, 0) is 6.42 Å². The van der Waals surface area contributed by atoms with Gasteiger partial charge in [-0.1, -0.05) is 30.3 Å². The van der Waals surface area contributed by atoms with Crippen molar-refractivity contribution in [2.24, 2.45) is 0 Å². The molecule has 0 bridgehead atoms. The first kappa shape index (κ1) is 17.0. The molecule has 4 nitrogen and oxygen atoms in total. The molecule has 1 aromatic heterocycles. The van der Waals surface area contributed by atoms with Crippen LogP contribution in [0.1, 0.15) is 57.9 Å². The van der Waals surface area contributed by atoms with Gasteiger partial charge < -0.3 is 10.3 Å². The average molecular weight is 312 g/mol. The van der Waals surface area contributed by atoms with Gasteiger partial charge >= 0.3 is 0 Å². The Morgan fingerprint density at radius 2 is 1.83 bits per heavy atom. The Bertz CT molecular complexity index is 702. The Labute approximate surface area is 137 Å². The predicted octanol–water partition coefficient (Wildman–Crippen LogP) is 3.59. The fourth-order valence-corrected chi connectivity index (χ4v) is 2.90. The molecule has 0 radical (unpaired) electrons. The molecule has 0 saturated heterocycles. The van der Waals surface area contributed by atoms with Crippen LogP contribution in [0.3, 0.4) is 0 Å². The smallest absolute Gasteiger partial charge is 0.268 e. The van der Waals surface area contributed by atoms with Crippen molar-refractivity contribution in [2.45, 2.75) is 46.6 Å². The van der Waals surface area contributed by atoms with Crippen LogP contribution in [0.4, 0.5) is 0 Å². The molecule has 4 heteroatoms. The number of hydrogen-bond acceptors (Lipinski definition) is 2. The van der Waals surface area contributed by atoms with Gasteiger partial charge in [-0.25, -0.2) is 0 Å². The van der Waals surface area contributed by atoms with E-state index >= 15 is 0 Å². The maximum Gasteiger partial charge on any atom is 0.268 e. The third kappa shape index (κ3) is 4.09. The molecule has 23 heavy (non-hydrogen) atoms. The van der Waals surface area contributed by atoms with Crippen LogP contribution in [0, 0.1) is 13.8 Å². The highest BCUT2D eigenvalue weighted by atomic mass is 16.2. The van der Waals surface area contributed by atoms with Crippen LogP contribution in [-0.4, -0.2) is 22.7 Å². The highest BCUT2D eigenvalue weighted by Gasteiger charge is 2.20. The molecule has 1 aromatic carbocycles. The molecule has 122 valence electrons. The molecule has 0 spiro atoms. The predicted molar refractivity (Wildman–Crippen MR) is 92.0 cm³/mol. The molecule has 1 atom stereocenters. The lowest BCUT2D eigenvalue weighted by Crippen LogP contribution is -2.33. The van der Waals surface area contributed by atoms with Crippen LogP contribution >= 0.6 is 0 Å². The zero-order chi connectivity index (χ0) is 17.0. The Kier molecular flexibility index (Phi) is 5.37. The minimum Gasteiger partial charge on any atom is -0.354 e. The first-order chi connectivity index (χ1) is 10.9. The third-order valence-corrected chi connectivity index (χ3v) is 4.10. The van der Waals surface area contributed by atoms with Gasteiger partial charge in [0.15, 0.2) is 5.78 Å². The van der Waals surface area contributed by atoms with Crippen LogP contribution in [0.2, 0.25) is 0 Å². The van der Waals surface area contributed by atoms with Gasteiger partial charge in [0.2, 0.25) is 0 Å². The minimum atomic E-state index is -0.154. The second-order valence-corrected chi connectivity index (χ2v) is 6.08. The van der Waals surface area contributed by atoms with Gasteiger partial charge in [0.25, 0.3) is 5.91 Å². The normalized spacial score (nSPS) is 12.0. The fraction of sp³-hybridized carbons (Fsp3) is 0.368. The van der Waals surface area contributed by atoms with E-state index in [1.54, 1.807) is 0 Å². The van der Waals surface area contributed by atoms with Crippen LogP contribution in [0.25, 0.3) is 0 Å². The van der Waals surface area contributed by atoms with Crippen molar-refractivity contribution in [1.82, 2.24) is 10.3 Å². The minimum absolute atomic E-state index is 0.0209. The summed E-state index contributed by atoms with van der Waals surface area (Å²) in [5.41, 5.74) is 3.84. The van der Waals surface area contributed by atoms with Gasteiger partial charge in [-0.05, 0) is 51.7 Å². The lowest BCUT2D eigenvalue weighted by atomic mass is 10.1. The van der Waals surface area contributed by atoms with Crippen molar-refractivity contribution in [1.29, 1.82) is 0 Å². The molecular formula is C19H24N2O2. The number of aromatic amines is 1. The van der Waals surface area contributed by atoms with Crippen LogP contribution in [0.5, 0.6) is 0 Å². The van der Waals surface area contributed by atoms with E-state index < -0.39 is 0 Å². The molecule has 0 aliphatic rings. The van der Waals surface area contributed by atoms with Crippen LogP contribution in [0.15, 0.2) is 30.3 Å². The number of carbonyl (C=O) groups excluding carboxylic acids is 2. The molecule has 1 heterocycles. The molecule has 0 aliphatic heterocycles. The number of Topliss-reactive ketones (excluding diaryl/α,β-unsaturated/α-hetero) is 1. The highest BCUT2D eigenvalue weighted by Crippen LogP contribution is 2.18. The Morgan fingerprint density at radius 1 is 1.17 bits per heavy atom. The molecule has 0 saturated carbocycles. The van der Waals surface area contributed by atoms with Crippen LogP contribution < -0.4 is 5.32 Å². The number of hydrogen-bond donors (Lipinski definition) is 2. The summed E-state index contributed by atoms with van der Waals surface area (Å²) in [6.07, 6.45) is 1.79. The standard InChI is InChI=1S/C19H24N2O2/c1-12(10-11-16-8-6-5-7-9-16)20-19(23)18-13(2)17(15(4)22)14(3)21-18/h5-9,12,21H,10-11H2,1-4H3,(H,20,23). The Morgan fingerprint density at radius 3 is 2.39 bits per heavy atom. The third-order valence-electron chi connectivity index (χ3n) is 4.10. The molecule has 2 rings (SSSR count). The van der Waals surface area contributed by atoms with Gasteiger partial charge in [-0.2, -0.15) is 0 Å². The molecular weight excluding hydrogens is 288 g/mol. The van der Waals surface area contributed by atoms with E-state index in [-0.39, 0.29) is 17.7 Å². The molecule has 1 amide bonds. The summed E-state index contributed by atoms with van der Waals surface area (Å²) in [5.74, 6) is -0.175. The number of H-pyrrole nitrogens is 1. The maximum absolute atomic E-state index is 12.4. The topological polar surface area (TPSA) is 62.0 Å². The van der Waals surface area contributed by atoms with Crippen molar-refractivity contribution >= 4 is 11.7 Å². The Balaban J connectivity index is 1.99. The molecule has 2 N–H and O–H groups in total. The molecule has 0 aliphatic carbocycles. The summed E-state index contributed by atoms with van der Waals surface area (Å²) in [4.78, 5) is 27.1. The lowest BCUT2D eigenvalue weighted by molar-refractivity contribution is 0.0933. The van der Waals surface area contributed by atoms with E-state index in [2.05, 4.69) is 22.4 Å². The van der Waals surface area contributed by atoms with Gasteiger partial charge in [0, 0.05) is 17.3 Å². The monoisotopic (exact) mass is 312 g/mol. The van der Waals surface area contributed by atoms with E-state index in [9.17, 15) is 9.59 Å². The number of nitrogens with one attached hydrogen (secondary N) is 2. The Hall–Kier alpha value is -2.36. The number of aromatic nitrogens is 1. The SMILES string of the molecule is CC(=O)c1c(C)[nH]c(C(=O)NC(C)CCc2ccccc2)c1C. The number of amides is 1. The van der Waals surface area contributed by atoms with Crippen molar-refractivity contribution < 1.29 is 9.59 Å². The summed E-state index contributed by atoms with van der Waals surface area (Å²) in [6, 6.07) is 10.3. The number of benzene rings is 1. The van der Waals surface area contributed by atoms with E-state index in [1.165, 1.54) is 12.5 Å². The van der Waals surface area contributed by atoms with Crippen molar-refractivity contribution in [2.75, 3.05) is 0 Å². The second-order valence-electron chi connectivity index (χ2n) is 6.08. The van der Waals surface area contributed by atoms with Crippen molar-refractivity contribution in [3.63, 3.8) is 0 Å². The average Bonchev–Trinajstić information content (AvgIpc) is 2.81. The zero-order valence-corrected chi connectivity index (χ0v) is 14.2. The van der Waals surface area contributed by atoms with E-state index in [4.69, 9.17) is 0 Å². The molecule has 0 fully saturated rings. The highest BCUT2D eigenvalue weighted by molar-refractivity contribution is 6.02. The second kappa shape index (κ2) is 7.27. The first-order valence-corrected chi connectivity index (χ1v) is 7.95. The van der Waals surface area contributed by atoms with Gasteiger partial charge in [-0.3, -0.25) is 9.59 Å². The summed E-state index contributed by atoms with van der Waals surface area (Å²) in [7, 11) is 0.